The molecule has 1 aromatic heterocycles. The maximum absolute atomic E-state index is 12.0. The Hall–Kier alpha value is -2.78. The molecule has 3 rings (SSSR count). The fraction of sp³-hybridized carbons (Fsp3) is 0.250. The van der Waals surface area contributed by atoms with Gasteiger partial charge in [-0.1, -0.05) is 30.7 Å². The summed E-state index contributed by atoms with van der Waals surface area (Å²) < 4.78 is 24.0. The third kappa shape index (κ3) is 4.24. The minimum absolute atomic E-state index is 0.274. The maximum atomic E-state index is 12.0. The number of pyridine rings is 1. The van der Waals surface area contributed by atoms with Crippen molar-refractivity contribution in [1.82, 2.24) is 9.88 Å². The van der Waals surface area contributed by atoms with Crippen molar-refractivity contribution in [3.05, 3.63) is 66.5 Å². The van der Waals surface area contributed by atoms with Gasteiger partial charge < -0.3 is 9.80 Å². The van der Waals surface area contributed by atoms with Gasteiger partial charge in [-0.3, -0.25) is 0 Å². The van der Waals surface area contributed by atoms with Gasteiger partial charge in [-0.25, -0.2) is 13.4 Å². The van der Waals surface area contributed by atoms with Crippen molar-refractivity contribution in [3.8, 4) is 11.8 Å². The van der Waals surface area contributed by atoms with Crippen molar-refractivity contribution in [2.75, 3.05) is 37.3 Å². The van der Waals surface area contributed by atoms with Gasteiger partial charge in [0.1, 0.15) is 10.7 Å². The molecule has 5 nitrogen and oxygen atoms in total. The summed E-state index contributed by atoms with van der Waals surface area (Å²) in [4.78, 5) is 8.69. The molecule has 26 heavy (non-hydrogen) atoms. The van der Waals surface area contributed by atoms with E-state index in [-0.39, 0.29) is 4.90 Å². The minimum atomic E-state index is -3.31. The third-order valence-corrected chi connectivity index (χ3v) is 5.35. The molecule has 134 valence electrons. The van der Waals surface area contributed by atoms with Gasteiger partial charge >= 0.3 is 0 Å². The van der Waals surface area contributed by atoms with Crippen molar-refractivity contribution in [2.24, 2.45) is 0 Å². The van der Waals surface area contributed by atoms with Gasteiger partial charge in [-0.2, -0.15) is 0 Å². The van der Waals surface area contributed by atoms with Crippen LogP contribution in [0.4, 0.5) is 5.82 Å². The second-order valence-electron chi connectivity index (χ2n) is 6.13. The second kappa shape index (κ2) is 7.63. The van der Waals surface area contributed by atoms with Crippen LogP contribution in [0.25, 0.3) is 0 Å². The summed E-state index contributed by atoms with van der Waals surface area (Å²) >= 11 is 0. The Labute approximate surface area is 154 Å². The van der Waals surface area contributed by atoms with Crippen LogP contribution in [0.2, 0.25) is 0 Å². The van der Waals surface area contributed by atoms with Gasteiger partial charge in [0, 0.05) is 44.2 Å². The predicted molar refractivity (Wildman–Crippen MR) is 104 cm³/mol. The zero-order valence-corrected chi connectivity index (χ0v) is 15.5. The van der Waals surface area contributed by atoms with Crippen molar-refractivity contribution in [2.45, 2.75) is 4.90 Å². The molecule has 0 amide bonds. The molecular formula is C20H21N3O2S. The van der Waals surface area contributed by atoms with Crippen LogP contribution < -0.4 is 4.90 Å². The zero-order chi connectivity index (χ0) is 18.6. The molecule has 2 aromatic rings. The number of rotatable bonds is 3. The highest BCUT2D eigenvalue weighted by atomic mass is 32.2. The van der Waals surface area contributed by atoms with E-state index in [0.717, 1.165) is 24.4 Å². The maximum Gasteiger partial charge on any atom is 0.179 e. The summed E-state index contributed by atoms with van der Waals surface area (Å²) in [5, 5.41) is 0. The van der Waals surface area contributed by atoms with E-state index in [1.54, 1.807) is 18.3 Å². The molecule has 0 radical (unpaired) electrons. The van der Waals surface area contributed by atoms with Gasteiger partial charge in [0.15, 0.2) is 9.84 Å². The molecule has 0 aliphatic carbocycles. The number of allylic oxidation sites excluding steroid dienone is 1. The van der Waals surface area contributed by atoms with Crippen LogP contribution in [0.3, 0.4) is 0 Å². The van der Waals surface area contributed by atoms with Gasteiger partial charge in [0.05, 0.1) is 5.70 Å². The lowest BCUT2D eigenvalue weighted by molar-refractivity contribution is 0.332. The predicted octanol–water partition coefficient (Wildman–Crippen LogP) is 2.17. The molecule has 0 unspecified atom stereocenters. The van der Waals surface area contributed by atoms with E-state index in [4.69, 9.17) is 0 Å². The van der Waals surface area contributed by atoms with Crippen LogP contribution in [-0.2, 0) is 9.84 Å². The minimum Gasteiger partial charge on any atom is -0.362 e. The lowest BCUT2D eigenvalue weighted by atomic mass is 10.2. The molecule has 1 aliphatic rings. The monoisotopic (exact) mass is 367 g/mol. The first-order valence-corrected chi connectivity index (χ1v) is 10.3. The molecule has 6 heteroatoms. The second-order valence-corrected chi connectivity index (χ2v) is 8.12. The smallest absolute Gasteiger partial charge is 0.179 e. The summed E-state index contributed by atoms with van der Waals surface area (Å²) in [6, 6.07) is 13.1. The standard InChI is InChI=1S/C20H21N3O2S/c1-17(10-11-18-7-4-3-5-8-18)22-13-15-23(16-14-22)20-19(26(2,24)25)9-6-12-21-20/h3-9,12H,1,13-16H2,2H3. The Balaban J connectivity index is 1.67. The van der Waals surface area contributed by atoms with Crippen LogP contribution >= 0.6 is 0 Å². The molecule has 0 bridgehead atoms. The molecule has 1 aliphatic heterocycles. The van der Waals surface area contributed by atoms with E-state index >= 15 is 0 Å². The molecule has 1 saturated heterocycles. The van der Waals surface area contributed by atoms with E-state index in [9.17, 15) is 8.42 Å². The van der Waals surface area contributed by atoms with E-state index < -0.39 is 9.84 Å². The summed E-state index contributed by atoms with van der Waals surface area (Å²) in [7, 11) is -3.31. The highest BCUT2D eigenvalue weighted by Crippen LogP contribution is 2.23. The van der Waals surface area contributed by atoms with Crippen molar-refractivity contribution in [1.29, 1.82) is 0 Å². The lowest BCUT2D eigenvalue weighted by Gasteiger charge is -2.36. The normalized spacial score (nSPS) is 14.5. The Morgan fingerprint density at radius 1 is 1.08 bits per heavy atom. The van der Waals surface area contributed by atoms with E-state index in [2.05, 4.69) is 28.3 Å². The van der Waals surface area contributed by atoms with Gasteiger partial charge in [-0.05, 0) is 30.2 Å². The first-order chi connectivity index (χ1) is 12.4. The average molecular weight is 367 g/mol. The molecule has 2 heterocycles. The van der Waals surface area contributed by atoms with Gasteiger partial charge in [0.2, 0.25) is 0 Å². The zero-order valence-electron chi connectivity index (χ0n) is 14.7. The summed E-state index contributed by atoms with van der Waals surface area (Å²) in [6.45, 7) is 6.86. The van der Waals surface area contributed by atoms with Crippen LogP contribution in [0.1, 0.15) is 5.56 Å². The molecule has 0 spiro atoms. The Bertz CT molecular complexity index is 951. The van der Waals surface area contributed by atoms with Gasteiger partial charge in [-0.15, -0.1) is 0 Å². The van der Waals surface area contributed by atoms with Crippen LogP contribution in [-0.4, -0.2) is 50.7 Å². The molecule has 0 N–H and O–H groups in total. The van der Waals surface area contributed by atoms with Crippen LogP contribution in [0.5, 0.6) is 0 Å². The highest BCUT2D eigenvalue weighted by molar-refractivity contribution is 7.90. The first kappa shape index (κ1) is 18.0. The Morgan fingerprint density at radius 3 is 2.42 bits per heavy atom. The SMILES string of the molecule is C=C(C#Cc1ccccc1)N1CCN(c2ncccc2S(C)(=O)=O)CC1. The Morgan fingerprint density at radius 2 is 1.77 bits per heavy atom. The number of hydrogen-bond donors (Lipinski definition) is 0. The van der Waals surface area contributed by atoms with Crippen molar-refractivity contribution >= 4 is 15.7 Å². The highest BCUT2D eigenvalue weighted by Gasteiger charge is 2.23. The molecule has 0 atom stereocenters. The Kier molecular flexibility index (Phi) is 5.29. The average Bonchev–Trinajstić information content (AvgIpc) is 2.66. The first-order valence-electron chi connectivity index (χ1n) is 8.36. The fourth-order valence-electron chi connectivity index (χ4n) is 2.84. The number of benzene rings is 1. The number of nitrogens with zero attached hydrogens (tertiary/aromatic N) is 3. The van der Waals surface area contributed by atoms with E-state index in [0.29, 0.717) is 18.9 Å². The van der Waals surface area contributed by atoms with E-state index in [1.807, 2.05) is 35.2 Å². The molecule has 1 fully saturated rings. The topological polar surface area (TPSA) is 53.5 Å². The van der Waals surface area contributed by atoms with Crippen molar-refractivity contribution < 1.29 is 8.42 Å². The molecule has 1 aromatic carbocycles. The number of piperazine rings is 1. The molecular weight excluding hydrogens is 346 g/mol. The number of aromatic nitrogens is 1. The molecule has 0 saturated carbocycles. The number of hydrogen-bond acceptors (Lipinski definition) is 5. The summed E-state index contributed by atoms with van der Waals surface area (Å²) in [5.41, 5.74) is 1.73. The van der Waals surface area contributed by atoms with Crippen LogP contribution in [0, 0.1) is 11.8 Å². The van der Waals surface area contributed by atoms with Crippen molar-refractivity contribution in [3.63, 3.8) is 0 Å². The van der Waals surface area contributed by atoms with Crippen LogP contribution in [0.15, 0.2) is 65.8 Å². The number of anilines is 1. The third-order valence-electron chi connectivity index (χ3n) is 4.24. The quantitative estimate of drug-likeness (QED) is 0.779. The fourth-order valence-corrected chi connectivity index (χ4v) is 3.68. The summed E-state index contributed by atoms with van der Waals surface area (Å²) in [5.74, 6) is 6.75. The lowest BCUT2D eigenvalue weighted by Crippen LogP contribution is -2.46. The number of sulfone groups is 1. The van der Waals surface area contributed by atoms with Gasteiger partial charge in [0.25, 0.3) is 0 Å². The van der Waals surface area contributed by atoms with E-state index in [1.165, 1.54) is 6.26 Å². The largest absolute Gasteiger partial charge is 0.362 e. The summed E-state index contributed by atoms with van der Waals surface area (Å²) in [6.07, 6.45) is 2.84.